The van der Waals surface area contributed by atoms with E-state index in [1.54, 1.807) is 0 Å². The predicted molar refractivity (Wildman–Crippen MR) is 104 cm³/mol. The zero-order valence-corrected chi connectivity index (χ0v) is 16.3. The van der Waals surface area contributed by atoms with Gasteiger partial charge in [0, 0.05) is 4.47 Å². The van der Waals surface area contributed by atoms with E-state index in [0.29, 0.717) is 5.92 Å². The molecule has 0 saturated heterocycles. The van der Waals surface area contributed by atoms with Crippen LogP contribution in [0.3, 0.4) is 0 Å². The molecule has 122 valence electrons. The van der Waals surface area contributed by atoms with Crippen molar-refractivity contribution in [2.45, 2.75) is 65.2 Å². The number of halogens is 1. The average molecular weight is 363 g/mol. The van der Waals surface area contributed by atoms with Crippen molar-refractivity contribution >= 4 is 21.5 Å². The SMILES string of the molecule is C=CC(=C)c1ccc(Br)cc1C(C)(CCCCCC)C(C)C. The van der Waals surface area contributed by atoms with E-state index in [9.17, 15) is 0 Å². The third kappa shape index (κ3) is 4.59. The van der Waals surface area contributed by atoms with Crippen molar-refractivity contribution in [3.05, 3.63) is 53.0 Å². The molecule has 1 aromatic rings. The third-order valence-corrected chi connectivity index (χ3v) is 5.51. The molecular formula is C21H31Br. The Bertz CT molecular complexity index is 513. The first-order valence-electron chi connectivity index (χ1n) is 8.48. The van der Waals surface area contributed by atoms with E-state index in [1.807, 2.05) is 6.08 Å². The molecule has 1 unspecified atom stereocenters. The Labute approximate surface area is 145 Å². The highest BCUT2D eigenvalue weighted by molar-refractivity contribution is 9.10. The Morgan fingerprint density at radius 3 is 2.50 bits per heavy atom. The molecule has 1 atom stereocenters. The number of benzene rings is 1. The van der Waals surface area contributed by atoms with Crippen LogP contribution in [0.15, 0.2) is 41.9 Å². The maximum absolute atomic E-state index is 4.18. The van der Waals surface area contributed by atoms with Crippen LogP contribution in [0, 0.1) is 5.92 Å². The van der Waals surface area contributed by atoms with Crippen LogP contribution in [0.2, 0.25) is 0 Å². The molecule has 0 fully saturated rings. The molecule has 0 heterocycles. The number of hydrogen-bond acceptors (Lipinski definition) is 0. The fourth-order valence-electron chi connectivity index (χ4n) is 3.03. The second kappa shape index (κ2) is 8.72. The smallest absolute Gasteiger partial charge is 0.0178 e. The summed E-state index contributed by atoms with van der Waals surface area (Å²) in [6, 6.07) is 6.56. The van der Waals surface area contributed by atoms with Crippen LogP contribution in [0.4, 0.5) is 0 Å². The highest BCUT2D eigenvalue weighted by atomic mass is 79.9. The summed E-state index contributed by atoms with van der Waals surface area (Å²) < 4.78 is 1.14. The Morgan fingerprint density at radius 2 is 1.95 bits per heavy atom. The third-order valence-electron chi connectivity index (χ3n) is 5.01. The van der Waals surface area contributed by atoms with Gasteiger partial charge in [0.05, 0.1) is 0 Å². The average Bonchev–Trinajstić information content (AvgIpc) is 2.50. The van der Waals surface area contributed by atoms with Gasteiger partial charge in [-0.3, -0.25) is 0 Å². The van der Waals surface area contributed by atoms with Crippen LogP contribution in [-0.2, 0) is 5.41 Å². The summed E-state index contributed by atoms with van der Waals surface area (Å²) in [5.41, 5.74) is 3.82. The Morgan fingerprint density at radius 1 is 1.27 bits per heavy atom. The van der Waals surface area contributed by atoms with Gasteiger partial charge in [0.15, 0.2) is 0 Å². The van der Waals surface area contributed by atoms with Crippen molar-refractivity contribution in [3.63, 3.8) is 0 Å². The molecule has 0 aliphatic carbocycles. The summed E-state index contributed by atoms with van der Waals surface area (Å²) >= 11 is 3.65. The zero-order valence-electron chi connectivity index (χ0n) is 14.7. The first kappa shape index (κ1) is 19.2. The molecule has 1 aromatic carbocycles. The maximum Gasteiger partial charge on any atom is 0.0178 e. The highest BCUT2D eigenvalue weighted by Crippen LogP contribution is 2.41. The monoisotopic (exact) mass is 362 g/mol. The van der Waals surface area contributed by atoms with Crippen molar-refractivity contribution in [1.82, 2.24) is 0 Å². The van der Waals surface area contributed by atoms with Crippen molar-refractivity contribution < 1.29 is 0 Å². The minimum atomic E-state index is 0.165. The Kier molecular flexibility index (Phi) is 7.62. The molecule has 1 heteroatoms. The largest absolute Gasteiger partial charge is 0.0985 e. The molecule has 0 nitrogen and oxygen atoms in total. The summed E-state index contributed by atoms with van der Waals surface area (Å²) in [6.07, 6.45) is 8.31. The lowest BCUT2D eigenvalue weighted by Gasteiger charge is -2.37. The van der Waals surface area contributed by atoms with Gasteiger partial charge in [0.1, 0.15) is 0 Å². The molecule has 0 N–H and O–H groups in total. The van der Waals surface area contributed by atoms with Gasteiger partial charge in [-0.25, -0.2) is 0 Å². The molecule has 0 spiro atoms. The van der Waals surface area contributed by atoms with Crippen molar-refractivity contribution in [2.24, 2.45) is 5.92 Å². The molecule has 0 bridgehead atoms. The molecule has 0 amide bonds. The minimum absolute atomic E-state index is 0.165. The summed E-state index contributed by atoms with van der Waals surface area (Å²) in [5.74, 6) is 0.583. The van der Waals surface area contributed by atoms with Gasteiger partial charge in [-0.05, 0) is 46.6 Å². The van der Waals surface area contributed by atoms with E-state index in [1.165, 1.54) is 43.2 Å². The molecule has 22 heavy (non-hydrogen) atoms. The Balaban J connectivity index is 3.21. The fourth-order valence-corrected chi connectivity index (χ4v) is 3.39. The van der Waals surface area contributed by atoms with E-state index in [0.717, 1.165) is 10.0 Å². The van der Waals surface area contributed by atoms with Gasteiger partial charge in [0.25, 0.3) is 0 Å². The molecule has 0 saturated carbocycles. The highest BCUT2D eigenvalue weighted by Gasteiger charge is 2.32. The van der Waals surface area contributed by atoms with Crippen molar-refractivity contribution in [2.75, 3.05) is 0 Å². The first-order valence-corrected chi connectivity index (χ1v) is 9.27. The van der Waals surface area contributed by atoms with Gasteiger partial charge in [-0.2, -0.15) is 0 Å². The second-order valence-electron chi connectivity index (χ2n) is 6.80. The number of hydrogen-bond donors (Lipinski definition) is 0. The lowest BCUT2D eigenvalue weighted by molar-refractivity contribution is 0.301. The van der Waals surface area contributed by atoms with Gasteiger partial charge in [-0.1, -0.05) is 94.6 Å². The van der Waals surface area contributed by atoms with E-state index < -0.39 is 0 Å². The topological polar surface area (TPSA) is 0 Å². The van der Waals surface area contributed by atoms with E-state index >= 15 is 0 Å². The van der Waals surface area contributed by atoms with Crippen LogP contribution in [0.5, 0.6) is 0 Å². The van der Waals surface area contributed by atoms with Crippen LogP contribution >= 0.6 is 15.9 Å². The van der Waals surface area contributed by atoms with Gasteiger partial charge >= 0.3 is 0 Å². The first-order chi connectivity index (χ1) is 10.4. The number of rotatable bonds is 9. The molecule has 0 aromatic heterocycles. The van der Waals surface area contributed by atoms with Crippen molar-refractivity contribution in [1.29, 1.82) is 0 Å². The standard InChI is InChI=1S/C21H31Br/c1-7-9-10-11-14-21(6,16(3)4)20-15-18(22)12-13-19(20)17(5)8-2/h8,12-13,15-16H,2,5,7,9-11,14H2,1,3-4,6H3. The van der Waals surface area contributed by atoms with Gasteiger partial charge in [-0.15, -0.1) is 0 Å². The number of unbranched alkanes of at least 4 members (excludes halogenated alkanes) is 3. The maximum atomic E-state index is 4.18. The molecule has 0 aliphatic rings. The fraction of sp³-hybridized carbons (Fsp3) is 0.524. The molecule has 0 radical (unpaired) electrons. The summed E-state index contributed by atoms with van der Waals surface area (Å²) in [6.45, 7) is 17.4. The van der Waals surface area contributed by atoms with Gasteiger partial charge in [0.2, 0.25) is 0 Å². The van der Waals surface area contributed by atoms with E-state index in [2.05, 4.69) is 75.0 Å². The minimum Gasteiger partial charge on any atom is -0.0985 e. The summed E-state index contributed by atoms with van der Waals surface area (Å²) in [7, 11) is 0. The predicted octanol–water partition coefficient (Wildman–Crippen LogP) is 7.53. The van der Waals surface area contributed by atoms with Crippen LogP contribution in [0.25, 0.3) is 5.57 Å². The van der Waals surface area contributed by atoms with Crippen molar-refractivity contribution in [3.8, 4) is 0 Å². The Hall–Kier alpha value is -0.820. The quantitative estimate of drug-likeness (QED) is 0.314. The van der Waals surface area contributed by atoms with Gasteiger partial charge < -0.3 is 0 Å². The molecule has 1 rings (SSSR count). The van der Waals surface area contributed by atoms with Crippen LogP contribution in [0.1, 0.15) is 70.9 Å². The lowest BCUT2D eigenvalue weighted by atomic mass is 9.68. The normalized spacial score (nSPS) is 13.9. The molecular weight excluding hydrogens is 332 g/mol. The summed E-state index contributed by atoms with van der Waals surface area (Å²) in [4.78, 5) is 0. The summed E-state index contributed by atoms with van der Waals surface area (Å²) in [5, 5.41) is 0. The molecule has 0 aliphatic heterocycles. The van der Waals surface area contributed by atoms with E-state index in [-0.39, 0.29) is 5.41 Å². The lowest BCUT2D eigenvalue weighted by Crippen LogP contribution is -2.30. The zero-order chi connectivity index (χ0) is 16.8. The van der Waals surface area contributed by atoms with Crippen LogP contribution in [-0.4, -0.2) is 0 Å². The van der Waals surface area contributed by atoms with Crippen LogP contribution < -0.4 is 0 Å². The second-order valence-corrected chi connectivity index (χ2v) is 7.72. The number of allylic oxidation sites excluding steroid dienone is 2. The van der Waals surface area contributed by atoms with E-state index in [4.69, 9.17) is 0 Å².